The van der Waals surface area contributed by atoms with Crippen molar-refractivity contribution in [2.45, 2.75) is 46.4 Å². The summed E-state index contributed by atoms with van der Waals surface area (Å²) < 4.78 is 5.17. The van der Waals surface area contributed by atoms with E-state index in [1.54, 1.807) is 6.20 Å². The number of hydrogen-bond donors (Lipinski definition) is 1. The normalized spacial score (nSPS) is 16.2. The molecule has 0 saturated carbocycles. The molecule has 1 saturated heterocycles. The van der Waals surface area contributed by atoms with E-state index in [-0.39, 0.29) is 18.6 Å². The third kappa shape index (κ3) is 5.62. The molecule has 0 radical (unpaired) electrons. The van der Waals surface area contributed by atoms with Gasteiger partial charge >= 0.3 is 6.09 Å². The lowest BCUT2D eigenvalue weighted by Gasteiger charge is -2.34. The van der Waals surface area contributed by atoms with Crippen LogP contribution in [0.4, 0.5) is 16.6 Å². The van der Waals surface area contributed by atoms with Crippen LogP contribution in [0.15, 0.2) is 37.1 Å². The largest absolute Gasteiger partial charge is 0.444 e. The summed E-state index contributed by atoms with van der Waals surface area (Å²) in [4.78, 5) is 38.6. The molecule has 4 rings (SSSR count). The zero-order valence-corrected chi connectivity index (χ0v) is 20.8. The van der Waals surface area contributed by atoms with E-state index in [4.69, 9.17) is 4.74 Å². The van der Waals surface area contributed by atoms with Crippen LogP contribution in [0.2, 0.25) is 0 Å². The first kappa shape index (κ1) is 24.7. The Labute approximate surface area is 206 Å². The summed E-state index contributed by atoms with van der Waals surface area (Å²) in [7, 11) is 0. The third-order valence-electron chi connectivity index (χ3n) is 6.52. The van der Waals surface area contributed by atoms with Gasteiger partial charge in [0.05, 0.1) is 5.56 Å². The minimum absolute atomic E-state index is 0.00818. The molecular formula is C26H34N6O3. The number of ether oxygens (including phenoxy) is 1. The summed E-state index contributed by atoms with van der Waals surface area (Å²) in [6, 6.07) is 6.63. The Hall–Kier alpha value is -3.46. The van der Waals surface area contributed by atoms with Crippen molar-refractivity contribution in [2.75, 3.05) is 42.9 Å². The van der Waals surface area contributed by atoms with E-state index < -0.39 is 0 Å². The van der Waals surface area contributed by atoms with Gasteiger partial charge in [0.25, 0.3) is 0 Å². The van der Waals surface area contributed by atoms with Gasteiger partial charge in [0.1, 0.15) is 12.4 Å². The number of rotatable bonds is 8. The maximum atomic E-state index is 12.0. The number of hydrogen-bond acceptors (Lipinski definition) is 7. The van der Waals surface area contributed by atoms with E-state index in [9.17, 15) is 9.59 Å². The number of carbonyl (C=O) groups is 2. The number of cyclic esters (lactones) is 1. The number of aromatic nitrogens is 2. The van der Waals surface area contributed by atoms with Crippen LogP contribution in [0.25, 0.3) is 0 Å². The van der Waals surface area contributed by atoms with Crippen LogP contribution in [0.3, 0.4) is 0 Å². The SMILES string of the molecule is C=CC(=O)N1CCN(Cc2ccc(CNc3ncc4c(n3)N(CC)C(=O)OC4)c(C(C)C)c2)CC1. The number of fused-ring (bicyclic) bond motifs is 1. The highest BCUT2D eigenvalue weighted by Gasteiger charge is 2.26. The summed E-state index contributed by atoms with van der Waals surface area (Å²) in [5, 5.41) is 3.33. The van der Waals surface area contributed by atoms with Crippen molar-refractivity contribution in [3.63, 3.8) is 0 Å². The molecule has 1 aromatic carbocycles. The lowest BCUT2D eigenvalue weighted by Crippen LogP contribution is -2.47. The van der Waals surface area contributed by atoms with E-state index in [1.165, 1.54) is 27.7 Å². The van der Waals surface area contributed by atoms with E-state index >= 15 is 0 Å². The van der Waals surface area contributed by atoms with E-state index in [2.05, 4.69) is 58.8 Å². The highest BCUT2D eigenvalue weighted by atomic mass is 16.6. The Morgan fingerprint density at radius 1 is 1.26 bits per heavy atom. The van der Waals surface area contributed by atoms with Crippen molar-refractivity contribution >= 4 is 23.8 Å². The number of benzene rings is 1. The molecule has 1 aromatic heterocycles. The van der Waals surface area contributed by atoms with Crippen LogP contribution in [-0.4, -0.2) is 64.5 Å². The van der Waals surface area contributed by atoms with Crippen LogP contribution in [0.5, 0.6) is 0 Å². The third-order valence-corrected chi connectivity index (χ3v) is 6.52. The number of nitrogens with zero attached hydrogens (tertiary/aromatic N) is 5. The molecule has 2 amide bonds. The summed E-state index contributed by atoms with van der Waals surface area (Å²) >= 11 is 0. The highest BCUT2D eigenvalue weighted by molar-refractivity contribution is 5.89. The number of carbonyl (C=O) groups excluding carboxylic acids is 2. The van der Waals surface area contributed by atoms with E-state index in [1.807, 2.05) is 11.8 Å². The minimum Gasteiger partial charge on any atom is -0.444 e. The van der Waals surface area contributed by atoms with Gasteiger partial charge in [0, 0.05) is 52.0 Å². The Kier molecular flexibility index (Phi) is 7.65. The maximum Gasteiger partial charge on any atom is 0.415 e. The molecule has 0 aliphatic carbocycles. The first-order valence-corrected chi connectivity index (χ1v) is 12.2. The molecular weight excluding hydrogens is 444 g/mol. The smallest absolute Gasteiger partial charge is 0.415 e. The molecule has 2 aromatic rings. The second-order valence-electron chi connectivity index (χ2n) is 9.19. The van der Waals surface area contributed by atoms with Crippen LogP contribution in [0.1, 0.15) is 48.9 Å². The lowest BCUT2D eigenvalue weighted by molar-refractivity contribution is -0.127. The minimum atomic E-state index is -0.379. The van der Waals surface area contributed by atoms with Crippen molar-refractivity contribution in [2.24, 2.45) is 0 Å². The Morgan fingerprint density at radius 2 is 2.03 bits per heavy atom. The van der Waals surface area contributed by atoms with Crippen molar-refractivity contribution < 1.29 is 14.3 Å². The Balaban J connectivity index is 1.42. The molecule has 3 heterocycles. The topological polar surface area (TPSA) is 90.9 Å². The molecule has 1 fully saturated rings. The zero-order valence-electron chi connectivity index (χ0n) is 20.8. The molecule has 2 aliphatic heterocycles. The van der Waals surface area contributed by atoms with Crippen molar-refractivity contribution in [1.82, 2.24) is 19.8 Å². The fourth-order valence-electron chi connectivity index (χ4n) is 4.53. The first-order chi connectivity index (χ1) is 16.9. The average Bonchev–Trinajstić information content (AvgIpc) is 2.87. The highest BCUT2D eigenvalue weighted by Crippen LogP contribution is 2.26. The molecule has 0 unspecified atom stereocenters. The molecule has 0 bridgehead atoms. The number of nitrogens with one attached hydrogen (secondary N) is 1. The number of amides is 2. The fourth-order valence-corrected chi connectivity index (χ4v) is 4.53. The molecule has 186 valence electrons. The van der Waals surface area contributed by atoms with Gasteiger partial charge in [-0.25, -0.2) is 9.78 Å². The van der Waals surface area contributed by atoms with Gasteiger partial charge in [0.2, 0.25) is 11.9 Å². The molecule has 2 aliphatic rings. The second kappa shape index (κ2) is 10.9. The average molecular weight is 479 g/mol. The predicted molar refractivity (Wildman–Crippen MR) is 135 cm³/mol. The Morgan fingerprint density at radius 3 is 2.71 bits per heavy atom. The van der Waals surface area contributed by atoms with E-state index in [0.717, 1.165) is 38.3 Å². The lowest BCUT2D eigenvalue weighted by atomic mass is 9.94. The second-order valence-corrected chi connectivity index (χ2v) is 9.19. The van der Waals surface area contributed by atoms with Gasteiger partial charge in [-0.15, -0.1) is 0 Å². The maximum absolute atomic E-state index is 12.0. The summed E-state index contributed by atoms with van der Waals surface area (Å²) in [6.07, 6.45) is 2.73. The molecule has 9 heteroatoms. The standard InChI is InChI=1S/C26H34N6O3/c1-5-23(33)31-11-9-30(10-12-31)16-19-7-8-20(22(13-19)18(3)4)14-27-25-28-15-21-17-35-26(34)32(6-2)24(21)29-25/h5,7-8,13,15,18H,1,6,9-12,14,16-17H2,2-4H3,(H,27,28,29). The monoisotopic (exact) mass is 478 g/mol. The predicted octanol–water partition coefficient (Wildman–Crippen LogP) is 3.52. The first-order valence-electron chi connectivity index (χ1n) is 12.2. The summed E-state index contributed by atoms with van der Waals surface area (Å²) in [5.41, 5.74) is 4.55. The van der Waals surface area contributed by atoms with Gasteiger partial charge in [-0.05, 0) is 35.6 Å². The van der Waals surface area contributed by atoms with Crippen LogP contribution in [-0.2, 0) is 29.2 Å². The summed E-state index contributed by atoms with van der Waals surface area (Å²) in [5.74, 6) is 1.47. The van der Waals surface area contributed by atoms with Crippen LogP contribution >= 0.6 is 0 Å². The quantitative estimate of drug-likeness (QED) is 0.581. The van der Waals surface area contributed by atoms with Crippen LogP contribution < -0.4 is 10.2 Å². The molecule has 1 N–H and O–H groups in total. The van der Waals surface area contributed by atoms with Gasteiger partial charge in [-0.2, -0.15) is 4.98 Å². The zero-order chi connectivity index (χ0) is 24.9. The van der Waals surface area contributed by atoms with Gasteiger partial charge < -0.3 is 15.0 Å². The Bertz CT molecular complexity index is 1090. The number of anilines is 2. The molecule has 35 heavy (non-hydrogen) atoms. The van der Waals surface area contributed by atoms with Gasteiger partial charge in [0.15, 0.2) is 0 Å². The van der Waals surface area contributed by atoms with Crippen LogP contribution in [0, 0.1) is 0 Å². The van der Waals surface area contributed by atoms with E-state index in [0.29, 0.717) is 30.8 Å². The van der Waals surface area contributed by atoms with Crippen molar-refractivity contribution in [3.8, 4) is 0 Å². The van der Waals surface area contributed by atoms with Crippen molar-refractivity contribution in [1.29, 1.82) is 0 Å². The molecule has 0 spiro atoms. The van der Waals surface area contributed by atoms with Gasteiger partial charge in [-0.3, -0.25) is 14.6 Å². The van der Waals surface area contributed by atoms with Gasteiger partial charge in [-0.1, -0.05) is 38.6 Å². The van der Waals surface area contributed by atoms with Crippen molar-refractivity contribution in [3.05, 3.63) is 59.3 Å². The number of piperazine rings is 1. The molecule has 9 nitrogen and oxygen atoms in total. The fraction of sp³-hybridized carbons (Fsp3) is 0.462. The summed E-state index contributed by atoms with van der Waals surface area (Å²) in [6.45, 7) is 15.2. The molecule has 0 atom stereocenters.